The number of alkyl carbamates (subject to hydrolysis) is 1. The Morgan fingerprint density at radius 1 is 1.44 bits per heavy atom. The summed E-state index contributed by atoms with van der Waals surface area (Å²) in [5.74, 6) is 0. The summed E-state index contributed by atoms with van der Waals surface area (Å²) in [6, 6.07) is 3.92. The van der Waals surface area contributed by atoms with Crippen LogP contribution in [-0.2, 0) is 10.3 Å². The lowest BCUT2D eigenvalue weighted by Crippen LogP contribution is -2.39. The summed E-state index contributed by atoms with van der Waals surface area (Å²) < 4.78 is 5.30. The Bertz CT molecular complexity index is 459. The van der Waals surface area contributed by atoms with Gasteiger partial charge in [0.15, 0.2) is 0 Å². The highest BCUT2D eigenvalue weighted by Gasteiger charge is 2.47. The van der Waals surface area contributed by atoms with Gasteiger partial charge in [0, 0.05) is 11.9 Å². The average molecular weight is 248 g/mol. The lowest BCUT2D eigenvalue weighted by atomic mass is 10.0. The molecule has 0 spiro atoms. The van der Waals surface area contributed by atoms with Gasteiger partial charge in [0.2, 0.25) is 0 Å². The molecule has 0 unspecified atom stereocenters. The maximum absolute atomic E-state index is 11.8. The summed E-state index contributed by atoms with van der Waals surface area (Å²) in [6.07, 6.45) is 3.29. The van der Waals surface area contributed by atoms with Crippen molar-refractivity contribution in [3.05, 3.63) is 29.6 Å². The Morgan fingerprint density at radius 3 is 2.61 bits per heavy atom. The molecule has 98 valence electrons. The zero-order chi connectivity index (χ0) is 13.4. The molecule has 0 saturated heterocycles. The summed E-state index contributed by atoms with van der Waals surface area (Å²) in [6.45, 7) is 7.55. The van der Waals surface area contributed by atoms with E-state index in [2.05, 4.69) is 10.3 Å². The van der Waals surface area contributed by atoms with Crippen molar-refractivity contribution in [1.82, 2.24) is 10.3 Å². The summed E-state index contributed by atoms with van der Waals surface area (Å²) in [5.41, 5.74) is 1.33. The van der Waals surface area contributed by atoms with Crippen molar-refractivity contribution in [3.63, 3.8) is 0 Å². The van der Waals surface area contributed by atoms with Gasteiger partial charge in [-0.3, -0.25) is 4.98 Å². The average Bonchev–Trinajstić information content (AvgIpc) is 2.96. The van der Waals surface area contributed by atoms with Gasteiger partial charge in [0.05, 0.1) is 5.54 Å². The molecule has 0 aromatic carbocycles. The standard InChI is InChI=1S/C14H20N2O2/c1-10-11(6-5-9-15-10)14(7-8-14)16-12(17)18-13(2,3)4/h5-6,9H,7-8H2,1-4H3,(H,16,17). The quantitative estimate of drug-likeness (QED) is 0.875. The van der Waals surface area contributed by atoms with E-state index in [4.69, 9.17) is 4.74 Å². The fraction of sp³-hybridized carbons (Fsp3) is 0.571. The number of amides is 1. The highest BCUT2D eigenvalue weighted by atomic mass is 16.6. The van der Waals surface area contributed by atoms with Crippen LogP contribution in [0.1, 0.15) is 44.9 Å². The fourth-order valence-electron chi connectivity index (χ4n) is 2.08. The van der Waals surface area contributed by atoms with Crippen molar-refractivity contribution in [1.29, 1.82) is 0 Å². The number of nitrogens with one attached hydrogen (secondary N) is 1. The molecule has 18 heavy (non-hydrogen) atoms. The van der Waals surface area contributed by atoms with E-state index >= 15 is 0 Å². The number of ether oxygens (including phenoxy) is 1. The zero-order valence-electron chi connectivity index (χ0n) is 11.4. The lowest BCUT2D eigenvalue weighted by molar-refractivity contribution is 0.0495. The first-order valence-corrected chi connectivity index (χ1v) is 6.26. The van der Waals surface area contributed by atoms with E-state index in [9.17, 15) is 4.79 Å². The molecule has 4 nitrogen and oxygen atoms in total. The summed E-state index contributed by atoms with van der Waals surface area (Å²) in [7, 11) is 0. The number of rotatable bonds is 2. The molecule has 0 aliphatic heterocycles. The van der Waals surface area contributed by atoms with Crippen molar-refractivity contribution >= 4 is 6.09 Å². The molecular weight excluding hydrogens is 228 g/mol. The molecule has 1 N–H and O–H groups in total. The summed E-state index contributed by atoms with van der Waals surface area (Å²) in [4.78, 5) is 16.1. The maximum atomic E-state index is 11.8. The molecule has 1 fully saturated rings. The normalized spacial score (nSPS) is 17.1. The molecule has 2 rings (SSSR count). The third-order valence-corrected chi connectivity index (χ3v) is 3.01. The number of aryl methyl sites for hydroxylation is 1. The Balaban J connectivity index is 2.10. The largest absolute Gasteiger partial charge is 0.444 e. The van der Waals surface area contributed by atoms with Crippen LogP contribution in [0.25, 0.3) is 0 Å². The second-order valence-corrected chi connectivity index (χ2v) is 5.85. The number of carbonyl (C=O) groups excluding carboxylic acids is 1. The monoisotopic (exact) mass is 248 g/mol. The van der Waals surface area contributed by atoms with E-state index in [0.29, 0.717) is 0 Å². The van der Waals surface area contributed by atoms with E-state index in [1.165, 1.54) is 0 Å². The van der Waals surface area contributed by atoms with Gasteiger partial charge in [-0.2, -0.15) is 0 Å². The van der Waals surface area contributed by atoms with Crippen LogP contribution in [0.3, 0.4) is 0 Å². The van der Waals surface area contributed by atoms with Crippen LogP contribution in [0.4, 0.5) is 4.79 Å². The van der Waals surface area contributed by atoms with Gasteiger partial charge in [-0.05, 0) is 52.2 Å². The van der Waals surface area contributed by atoms with Gasteiger partial charge in [0.1, 0.15) is 5.60 Å². The van der Waals surface area contributed by atoms with Crippen LogP contribution in [0, 0.1) is 6.92 Å². The third kappa shape index (κ3) is 2.81. The number of pyridine rings is 1. The van der Waals surface area contributed by atoms with Crippen LogP contribution in [0.2, 0.25) is 0 Å². The minimum Gasteiger partial charge on any atom is -0.444 e. The molecule has 1 saturated carbocycles. The topological polar surface area (TPSA) is 51.2 Å². The molecule has 1 heterocycles. The summed E-state index contributed by atoms with van der Waals surface area (Å²) in [5, 5.41) is 2.98. The first kappa shape index (κ1) is 12.9. The van der Waals surface area contributed by atoms with Crippen LogP contribution in [0.5, 0.6) is 0 Å². The zero-order valence-corrected chi connectivity index (χ0v) is 11.4. The minimum atomic E-state index is -0.468. The van der Waals surface area contributed by atoms with Gasteiger partial charge in [0.25, 0.3) is 0 Å². The smallest absolute Gasteiger partial charge is 0.408 e. The summed E-state index contributed by atoms with van der Waals surface area (Å²) >= 11 is 0. The first-order chi connectivity index (χ1) is 8.32. The van der Waals surface area contributed by atoms with Gasteiger partial charge in [-0.1, -0.05) is 6.07 Å². The van der Waals surface area contributed by atoms with Crippen LogP contribution < -0.4 is 5.32 Å². The lowest BCUT2D eigenvalue weighted by Gasteiger charge is -2.24. The number of carbonyl (C=O) groups is 1. The van der Waals surface area contributed by atoms with E-state index in [1.807, 2.05) is 39.8 Å². The number of hydrogen-bond donors (Lipinski definition) is 1. The molecule has 0 atom stereocenters. The van der Waals surface area contributed by atoms with Crippen LogP contribution >= 0.6 is 0 Å². The van der Waals surface area contributed by atoms with E-state index in [-0.39, 0.29) is 11.6 Å². The molecular formula is C14H20N2O2. The number of aromatic nitrogens is 1. The second-order valence-electron chi connectivity index (χ2n) is 5.85. The Kier molecular flexibility index (Phi) is 3.05. The van der Waals surface area contributed by atoms with Gasteiger partial charge in [-0.25, -0.2) is 4.79 Å². The minimum absolute atomic E-state index is 0.263. The Labute approximate surface area is 108 Å². The molecule has 1 aliphatic carbocycles. The number of nitrogens with zero attached hydrogens (tertiary/aromatic N) is 1. The van der Waals surface area contributed by atoms with Gasteiger partial charge < -0.3 is 10.1 Å². The first-order valence-electron chi connectivity index (χ1n) is 6.26. The van der Waals surface area contributed by atoms with E-state index in [0.717, 1.165) is 24.1 Å². The van der Waals surface area contributed by atoms with Crippen LogP contribution in [0.15, 0.2) is 18.3 Å². The maximum Gasteiger partial charge on any atom is 0.408 e. The predicted octanol–water partition coefficient (Wildman–Crippen LogP) is 2.90. The Morgan fingerprint density at radius 2 is 2.11 bits per heavy atom. The SMILES string of the molecule is Cc1ncccc1C1(NC(=O)OC(C)(C)C)CC1. The molecule has 1 amide bonds. The predicted molar refractivity (Wildman–Crippen MR) is 69.3 cm³/mol. The van der Waals surface area contributed by atoms with Crippen molar-refractivity contribution in [2.45, 2.75) is 51.7 Å². The second kappa shape index (κ2) is 4.26. The highest BCUT2D eigenvalue weighted by molar-refractivity contribution is 5.70. The molecule has 0 radical (unpaired) electrons. The number of hydrogen-bond acceptors (Lipinski definition) is 3. The van der Waals surface area contributed by atoms with Crippen molar-refractivity contribution in [2.24, 2.45) is 0 Å². The molecule has 1 aromatic rings. The fourth-order valence-corrected chi connectivity index (χ4v) is 2.08. The highest BCUT2D eigenvalue weighted by Crippen LogP contribution is 2.46. The molecule has 4 heteroatoms. The van der Waals surface area contributed by atoms with Crippen LogP contribution in [-0.4, -0.2) is 16.7 Å². The van der Waals surface area contributed by atoms with E-state index in [1.54, 1.807) is 6.20 Å². The van der Waals surface area contributed by atoms with E-state index < -0.39 is 5.60 Å². The van der Waals surface area contributed by atoms with Gasteiger partial charge in [-0.15, -0.1) is 0 Å². The van der Waals surface area contributed by atoms with Crippen molar-refractivity contribution < 1.29 is 9.53 Å². The third-order valence-electron chi connectivity index (χ3n) is 3.01. The van der Waals surface area contributed by atoms with Crippen molar-refractivity contribution in [2.75, 3.05) is 0 Å². The Hall–Kier alpha value is -1.58. The van der Waals surface area contributed by atoms with Gasteiger partial charge >= 0.3 is 6.09 Å². The molecule has 1 aromatic heterocycles. The molecule has 1 aliphatic rings. The van der Waals surface area contributed by atoms with Crippen molar-refractivity contribution in [3.8, 4) is 0 Å². The molecule has 0 bridgehead atoms.